The number of esters is 2. The van der Waals surface area contributed by atoms with E-state index in [1.165, 1.54) is 24.3 Å². The minimum absolute atomic E-state index is 0.0353. The normalized spacial score (nSPS) is 21.1. The molecule has 0 saturated carbocycles. The van der Waals surface area contributed by atoms with Crippen molar-refractivity contribution >= 4 is 17.8 Å². The van der Waals surface area contributed by atoms with Gasteiger partial charge in [0, 0.05) is 6.20 Å². The zero-order valence-electron chi connectivity index (χ0n) is 17.5. The van der Waals surface area contributed by atoms with Crippen LogP contribution in [0.3, 0.4) is 0 Å². The van der Waals surface area contributed by atoms with E-state index in [0.717, 1.165) is 12.3 Å². The minimum atomic E-state index is -3.88. The Hall–Kier alpha value is -4.12. The van der Waals surface area contributed by atoms with Crippen LogP contribution in [0.25, 0.3) is 0 Å². The first-order chi connectivity index (χ1) is 16.3. The Morgan fingerprint density at radius 2 is 1.59 bits per heavy atom. The molecule has 0 aliphatic carbocycles. The highest BCUT2D eigenvalue weighted by Crippen LogP contribution is 2.44. The molecule has 176 valence electrons. The first-order valence-electron chi connectivity index (χ1n) is 10.1. The molecule has 2 N–H and O–H groups in total. The van der Waals surface area contributed by atoms with Crippen LogP contribution in [0.15, 0.2) is 77.7 Å². The van der Waals surface area contributed by atoms with Crippen LogP contribution in [0.1, 0.15) is 26.9 Å². The van der Waals surface area contributed by atoms with Crippen LogP contribution in [-0.4, -0.2) is 46.2 Å². The molecule has 0 amide bonds. The molecule has 1 unspecified atom stereocenters. The lowest BCUT2D eigenvalue weighted by Gasteiger charge is -2.24. The van der Waals surface area contributed by atoms with Gasteiger partial charge in [-0.2, -0.15) is 13.8 Å². The lowest BCUT2D eigenvalue weighted by atomic mass is 10.1. The van der Waals surface area contributed by atoms with Gasteiger partial charge in [0.05, 0.1) is 11.1 Å². The molecule has 11 heteroatoms. The van der Waals surface area contributed by atoms with Crippen molar-refractivity contribution in [1.29, 1.82) is 0 Å². The fraction of sp³-hybridized carbons (Fsp3) is 0.217. The first-order valence-corrected chi connectivity index (χ1v) is 10.1. The van der Waals surface area contributed by atoms with Gasteiger partial charge in [0.1, 0.15) is 18.5 Å². The van der Waals surface area contributed by atoms with E-state index in [1.54, 1.807) is 36.4 Å². The van der Waals surface area contributed by atoms with E-state index in [1.807, 2.05) is 0 Å². The van der Waals surface area contributed by atoms with Gasteiger partial charge in [-0.05, 0) is 30.3 Å². The molecule has 9 nitrogen and oxygen atoms in total. The van der Waals surface area contributed by atoms with Gasteiger partial charge in [0.25, 0.3) is 0 Å². The number of nitrogens with zero attached hydrogens (tertiary/aromatic N) is 2. The highest BCUT2D eigenvalue weighted by Gasteiger charge is 2.62. The maximum Gasteiger partial charge on any atom is 0.351 e. The Morgan fingerprint density at radius 3 is 2.18 bits per heavy atom. The Labute approximate surface area is 191 Å². The Kier molecular flexibility index (Phi) is 6.37. The van der Waals surface area contributed by atoms with E-state index in [2.05, 4.69) is 4.98 Å². The topological polar surface area (TPSA) is 123 Å². The van der Waals surface area contributed by atoms with Gasteiger partial charge >= 0.3 is 23.6 Å². The summed E-state index contributed by atoms with van der Waals surface area (Å²) in [4.78, 5) is 40.5. The van der Waals surface area contributed by atoms with E-state index in [9.17, 15) is 14.4 Å². The Balaban J connectivity index is 1.61. The molecule has 3 atom stereocenters. The molecule has 0 spiro atoms. The summed E-state index contributed by atoms with van der Waals surface area (Å²) in [7, 11) is 0. The van der Waals surface area contributed by atoms with Gasteiger partial charge in [0.15, 0.2) is 6.10 Å². The molecule has 1 aromatic heterocycles. The molecule has 2 aromatic carbocycles. The van der Waals surface area contributed by atoms with Gasteiger partial charge < -0.3 is 19.9 Å². The van der Waals surface area contributed by atoms with E-state index in [-0.39, 0.29) is 16.9 Å². The van der Waals surface area contributed by atoms with Gasteiger partial charge in [-0.3, -0.25) is 4.57 Å². The maximum atomic E-state index is 15.5. The Bertz CT molecular complexity index is 1240. The van der Waals surface area contributed by atoms with Crippen molar-refractivity contribution in [1.82, 2.24) is 9.55 Å². The quantitative estimate of drug-likeness (QED) is 0.544. The number of aromatic nitrogens is 2. The number of anilines is 1. The minimum Gasteiger partial charge on any atom is -0.459 e. The van der Waals surface area contributed by atoms with Crippen molar-refractivity contribution in [2.24, 2.45) is 0 Å². The van der Waals surface area contributed by atoms with Crippen molar-refractivity contribution in [3.05, 3.63) is 94.5 Å². The van der Waals surface area contributed by atoms with E-state index >= 15 is 8.78 Å². The number of carbonyl (C=O) groups excluding carboxylic acids is 2. The van der Waals surface area contributed by atoms with E-state index in [4.69, 9.17) is 19.9 Å². The predicted octanol–water partition coefficient (Wildman–Crippen LogP) is 2.44. The molecule has 2 heterocycles. The molecule has 1 aliphatic heterocycles. The summed E-state index contributed by atoms with van der Waals surface area (Å²) in [6.07, 6.45) is -4.93. The van der Waals surface area contributed by atoms with Crippen LogP contribution in [0.5, 0.6) is 0 Å². The molecule has 34 heavy (non-hydrogen) atoms. The smallest absolute Gasteiger partial charge is 0.351 e. The summed E-state index contributed by atoms with van der Waals surface area (Å²) >= 11 is 0. The zero-order chi connectivity index (χ0) is 24.3. The standard InChI is InChI=1S/C23H19F2N3O6/c24-23(25)18(34-20(30)15-9-5-2-6-10-15)16(13-32-19(29)14-7-3-1-4-8-14)33-21(23)28-12-11-17(26)27-22(28)31/h1-12,16,18,21H,13H2,(H2,26,27,31)/t16-,18?,21-/m1/s1. The van der Waals surface area contributed by atoms with Crippen LogP contribution >= 0.6 is 0 Å². The van der Waals surface area contributed by atoms with Gasteiger partial charge in [-0.1, -0.05) is 36.4 Å². The second-order valence-corrected chi connectivity index (χ2v) is 7.40. The Morgan fingerprint density at radius 1 is 1.00 bits per heavy atom. The van der Waals surface area contributed by atoms with Crippen molar-refractivity contribution in [2.45, 2.75) is 24.4 Å². The van der Waals surface area contributed by atoms with Crippen LogP contribution < -0.4 is 11.4 Å². The van der Waals surface area contributed by atoms with E-state index < -0.39 is 48.6 Å². The number of ether oxygens (including phenoxy) is 3. The number of alkyl halides is 2. The molecular formula is C23H19F2N3O6. The first kappa shape index (κ1) is 23.1. The number of nitrogens with two attached hydrogens (primary N) is 1. The average Bonchev–Trinajstić information content (AvgIpc) is 3.08. The number of rotatable bonds is 6. The number of hydrogen-bond acceptors (Lipinski definition) is 8. The number of carbonyl (C=O) groups is 2. The highest BCUT2D eigenvalue weighted by molar-refractivity contribution is 5.90. The third kappa shape index (κ3) is 4.64. The molecule has 0 bridgehead atoms. The van der Waals surface area contributed by atoms with Crippen LogP contribution in [0.2, 0.25) is 0 Å². The SMILES string of the molecule is Nc1ccn([C@@H]2O[C@H](COC(=O)c3ccccc3)C(OC(=O)c3ccccc3)C2(F)F)c(=O)n1. The van der Waals surface area contributed by atoms with Crippen molar-refractivity contribution in [2.75, 3.05) is 12.3 Å². The van der Waals surface area contributed by atoms with Crippen molar-refractivity contribution in [3.63, 3.8) is 0 Å². The van der Waals surface area contributed by atoms with E-state index in [0.29, 0.717) is 4.57 Å². The van der Waals surface area contributed by atoms with Crippen molar-refractivity contribution in [3.8, 4) is 0 Å². The summed E-state index contributed by atoms with van der Waals surface area (Å²) in [5, 5.41) is 0. The average molecular weight is 471 g/mol. The number of hydrogen-bond donors (Lipinski definition) is 1. The molecule has 1 fully saturated rings. The fourth-order valence-electron chi connectivity index (χ4n) is 3.43. The third-order valence-corrected chi connectivity index (χ3v) is 5.09. The predicted molar refractivity (Wildman–Crippen MR) is 114 cm³/mol. The fourth-order valence-corrected chi connectivity index (χ4v) is 3.43. The summed E-state index contributed by atoms with van der Waals surface area (Å²) in [6.45, 7) is -0.663. The van der Waals surface area contributed by atoms with Gasteiger partial charge in [0.2, 0.25) is 6.23 Å². The second-order valence-electron chi connectivity index (χ2n) is 7.40. The lowest BCUT2D eigenvalue weighted by molar-refractivity contribution is -0.142. The molecule has 4 rings (SSSR count). The molecular weight excluding hydrogens is 452 g/mol. The van der Waals surface area contributed by atoms with Crippen LogP contribution in [0.4, 0.5) is 14.6 Å². The highest BCUT2D eigenvalue weighted by atomic mass is 19.3. The van der Waals surface area contributed by atoms with Gasteiger partial charge in [-0.15, -0.1) is 0 Å². The zero-order valence-corrected chi connectivity index (χ0v) is 17.5. The van der Waals surface area contributed by atoms with Crippen molar-refractivity contribution < 1.29 is 32.6 Å². The lowest BCUT2D eigenvalue weighted by Crippen LogP contribution is -2.44. The third-order valence-electron chi connectivity index (χ3n) is 5.09. The molecule has 0 radical (unpaired) electrons. The maximum absolute atomic E-state index is 15.5. The number of halogens is 2. The molecule has 1 aliphatic rings. The van der Waals surface area contributed by atoms with Crippen LogP contribution in [-0.2, 0) is 14.2 Å². The molecule has 3 aromatic rings. The number of nitrogen functional groups attached to an aromatic ring is 1. The summed E-state index contributed by atoms with van der Waals surface area (Å²) < 4.78 is 47.1. The molecule has 1 saturated heterocycles. The van der Waals surface area contributed by atoms with Crippen LogP contribution in [0, 0.1) is 0 Å². The monoisotopic (exact) mass is 471 g/mol. The summed E-state index contributed by atoms with van der Waals surface area (Å²) in [5.41, 5.74) is 4.58. The summed E-state index contributed by atoms with van der Waals surface area (Å²) in [6, 6.07) is 16.6. The van der Waals surface area contributed by atoms with Gasteiger partial charge in [-0.25, -0.2) is 14.4 Å². The second kappa shape index (κ2) is 9.40. The summed E-state index contributed by atoms with van der Waals surface area (Å²) in [5.74, 6) is -5.86. The number of benzene rings is 2. The largest absolute Gasteiger partial charge is 0.459 e.